The summed E-state index contributed by atoms with van der Waals surface area (Å²) >= 11 is 0. The third kappa shape index (κ3) is 3.86. The zero-order valence-electron chi connectivity index (χ0n) is 9.67. The molecule has 0 unspecified atom stereocenters. The minimum absolute atomic E-state index is 0.0921. The Morgan fingerprint density at radius 1 is 1.42 bits per heavy atom. The highest BCUT2D eigenvalue weighted by Crippen LogP contribution is 2.21. The van der Waals surface area contributed by atoms with E-state index < -0.39 is 27.9 Å². The fourth-order valence-electron chi connectivity index (χ4n) is 1.06. The molecule has 0 aliphatic heterocycles. The van der Waals surface area contributed by atoms with Crippen molar-refractivity contribution in [2.75, 3.05) is 13.7 Å². The second-order valence-corrected chi connectivity index (χ2v) is 4.97. The summed E-state index contributed by atoms with van der Waals surface area (Å²) in [7, 11) is -4.28. The fraction of sp³-hybridized carbons (Fsp3) is 0.300. The molecule has 0 aliphatic carbocycles. The van der Waals surface area contributed by atoms with E-state index in [0.29, 0.717) is 5.75 Å². The van der Waals surface area contributed by atoms with Gasteiger partial charge >= 0.3 is 21.3 Å². The van der Waals surface area contributed by atoms with E-state index in [1.807, 2.05) is 0 Å². The lowest BCUT2D eigenvalue weighted by atomic mass is 10.2. The molecule has 0 fully saturated rings. The first kappa shape index (κ1) is 15.3. The number of hydrogen-bond donors (Lipinski definition) is 1. The van der Waals surface area contributed by atoms with Crippen molar-refractivity contribution in [2.24, 2.45) is 0 Å². The van der Waals surface area contributed by atoms with Crippen LogP contribution in [0.5, 0.6) is 5.75 Å². The Hall–Kier alpha value is -1.74. The standard InChI is InChI=1S/C10H10F2O6S/c1-17-8-4-2-3-7(5-8)9(13)18-6-10(11,12)19(14,15)16/h2-5H,6H2,1H3,(H,14,15,16). The first-order valence-electron chi connectivity index (χ1n) is 4.83. The zero-order chi connectivity index (χ0) is 14.7. The lowest BCUT2D eigenvalue weighted by molar-refractivity contribution is -0.00952. The molecule has 0 atom stereocenters. The average Bonchev–Trinajstić information content (AvgIpc) is 2.34. The van der Waals surface area contributed by atoms with Crippen LogP contribution in [-0.4, -0.2) is 37.9 Å². The number of hydrogen-bond acceptors (Lipinski definition) is 5. The Labute approximate surface area is 107 Å². The van der Waals surface area contributed by atoms with E-state index in [1.165, 1.54) is 31.4 Å². The number of carbonyl (C=O) groups excluding carboxylic acids is 1. The van der Waals surface area contributed by atoms with Crippen molar-refractivity contribution in [1.82, 2.24) is 0 Å². The number of alkyl halides is 2. The molecule has 1 N–H and O–H groups in total. The minimum Gasteiger partial charge on any atom is -0.497 e. The number of methoxy groups -OCH3 is 1. The topological polar surface area (TPSA) is 89.9 Å². The molecule has 1 aromatic rings. The molecule has 9 heteroatoms. The summed E-state index contributed by atoms with van der Waals surface area (Å²) in [6.45, 7) is -1.78. The van der Waals surface area contributed by atoms with E-state index in [0.717, 1.165) is 0 Å². The van der Waals surface area contributed by atoms with E-state index in [-0.39, 0.29) is 5.56 Å². The summed E-state index contributed by atoms with van der Waals surface area (Å²) < 4.78 is 63.4. The minimum atomic E-state index is -5.63. The molecular formula is C10H10F2O6S. The highest BCUT2D eigenvalue weighted by atomic mass is 32.2. The summed E-state index contributed by atoms with van der Waals surface area (Å²) in [6.07, 6.45) is 0. The van der Waals surface area contributed by atoms with Crippen molar-refractivity contribution in [3.63, 3.8) is 0 Å². The Bertz CT molecular complexity index is 569. The first-order valence-corrected chi connectivity index (χ1v) is 6.27. The number of carbonyl (C=O) groups is 1. The van der Waals surface area contributed by atoms with E-state index in [1.54, 1.807) is 0 Å². The van der Waals surface area contributed by atoms with Gasteiger partial charge in [0.2, 0.25) is 0 Å². The number of halogens is 2. The molecule has 0 bridgehead atoms. The lowest BCUT2D eigenvalue weighted by Gasteiger charge is -2.13. The molecule has 6 nitrogen and oxygen atoms in total. The number of rotatable bonds is 5. The van der Waals surface area contributed by atoms with Gasteiger partial charge in [-0.2, -0.15) is 17.2 Å². The van der Waals surface area contributed by atoms with Crippen molar-refractivity contribution in [3.8, 4) is 5.75 Å². The van der Waals surface area contributed by atoms with Gasteiger partial charge in [0.15, 0.2) is 6.61 Å². The third-order valence-corrected chi connectivity index (χ3v) is 2.93. The highest BCUT2D eigenvalue weighted by Gasteiger charge is 2.45. The Kier molecular flexibility index (Phi) is 4.43. The summed E-state index contributed by atoms with van der Waals surface area (Å²) in [5.74, 6) is -0.863. The summed E-state index contributed by atoms with van der Waals surface area (Å²) in [5.41, 5.74) is -0.0921. The summed E-state index contributed by atoms with van der Waals surface area (Å²) in [4.78, 5) is 11.4. The molecule has 0 amide bonds. The van der Waals surface area contributed by atoms with E-state index in [2.05, 4.69) is 4.74 Å². The predicted octanol–water partition coefficient (Wildman–Crippen LogP) is 1.33. The van der Waals surface area contributed by atoms with Crippen molar-refractivity contribution in [2.45, 2.75) is 5.25 Å². The molecule has 1 aromatic carbocycles. The number of benzene rings is 1. The van der Waals surface area contributed by atoms with Gasteiger partial charge in [0.25, 0.3) is 0 Å². The van der Waals surface area contributed by atoms with Crippen LogP contribution in [0.1, 0.15) is 10.4 Å². The van der Waals surface area contributed by atoms with Crippen molar-refractivity contribution in [3.05, 3.63) is 29.8 Å². The molecule has 0 radical (unpaired) electrons. The van der Waals surface area contributed by atoms with E-state index in [4.69, 9.17) is 9.29 Å². The van der Waals surface area contributed by atoms with Gasteiger partial charge in [0.05, 0.1) is 12.7 Å². The van der Waals surface area contributed by atoms with Gasteiger partial charge in [0.1, 0.15) is 5.75 Å². The zero-order valence-corrected chi connectivity index (χ0v) is 10.5. The van der Waals surface area contributed by atoms with Crippen LogP contribution in [-0.2, 0) is 14.9 Å². The fourth-order valence-corrected chi connectivity index (χ4v) is 1.27. The van der Waals surface area contributed by atoms with Gasteiger partial charge in [0, 0.05) is 0 Å². The molecule has 1 rings (SSSR count). The van der Waals surface area contributed by atoms with Gasteiger partial charge in [-0.25, -0.2) is 4.79 Å². The first-order chi connectivity index (χ1) is 8.67. The quantitative estimate of drug-likeness (QED) is 0.651. The van der Waals surface area contributed by atoms with Crippen molar-refractivity contribution in [1.29, 1.82) is 0 Å². The molecule has 0 saturated heterocycles. The van der Waals surface area contributed by atoms with Gasteiger partial charge in [-0.05, 0) is 18.2 Å². The molecule has 0 aliphatic rings. The third-order valence-electron chi connectivity index (χ3n) is 2.05. The highest BCUT2D eigenvalue weighted by molar-refractivity contribution is 7.86. The molecule has 0 aromatic heterocycles. The molecule has 0 spiro atoms. The van der Waals surface area contributed by atoms with Crippen LogP contribution in [0.3, 0.4) is 0 Å². The van der Waals surface area contributed by atoms with E-state index >= 15 is 0 Å². The summed E-state index contributed by atoms with van der Waals surface area (Å²) in [5, 5.41) is -4.55. The van der Waals surface area contributed by atoms with Crippen LogP contribution in [0.2, 0.25) is 0 Å². The molecular weight excluding hydrogens is 286 g/mol. The monoisotopic (exact) mass is 296 g/mol. The van der Waals surface area contributed by atoms with E-state index in [9.17, 15) is 22.0 Å². The molecule has 0 heterocycles. The Balaban J connectivity index is 2.76. The lowest BCUT2D eigenvalue weighted by Crippen LogP contribution is -2.34. The maximum atomic E-state index is 12.8. The maximum Gasteiger partial charge on any atom is 0.402 e. The van der Waals surface area contributed by atoms with Crippen LogP contribution in [0.15, 0.2) is 24.3 Å². The molecule has 106 valence electrons. The second-order valence-electron chi connectivity index (χ2n) is 3.42. The molecule has 19 heavy (non-hydrogen) atoms. The predicted molar refractivity (Wildman–Crippen MR) is 59.8 cm³/mol. The smallest absolute Gasteiger partial charge is 0.402 e. The largest absolute Gasteiger partial charge is 0.497 e. The summed E-state index contributed by atoms with van der Waals surface area (Å²) in [6, 6.07) is 5.45. The van der Waals surface area contributed by atoms with Crippen molar-refractivity contribution < 1.29 is 36.0 Å². The average molecular weight is 296 g/mol. The van der Waals surface area contributed by atoms with Crippen molar-refractivity contribution >= 4 is 16.1 Å². The van der Waals surface area contributed by atoms with Gasteiger partial charge < -0.3 is 9.47 Å². The van der Waals surface area contributed by atoms with Crippen LogP contribution in [0, 0.1) is 0 Å². The van der Waals surface area contributed by atoms with Crippen LogP contribution in [0.4, 0.5) is 8.78 Å². The second kappa shape index (κ2) is 5.49. The van der Waals surface area contributed by atoms with Crippen LogP contribution < -0.4 is 4.74 Å². The van der Waals surface area contributed by atoms with Gasteiger partial charge in [-0.1, -0.05) is 6.07 Å². The maximum absolute atomic E-state index is 12.8. The van der Waals surface area contributed by atoms with Gasteiger partial charge in [-0.15, -0.1) is 0 Å². The van der Waals surface area contributed by atoms with Gasteiger partial charge in [-0.3, -0.25) is 4.55 Å². The SMILES string of the molecule is COc1cccc(C(=O)OCC(F)(F)S(=O)(=O)O)c1. The number of ether oxygens (including phenoxy) is 2. The van der Waals surface area contributed by atoms with Crippen LogP contribution >= 0.6 is 0 Å². The molecule has 0 saturated carbocycles. The normalized spacial score (nSPS) is 12.0. The Morgan fingerprint density at radius 3 is 2.58 bits per heavy atom. The number of esters is 1. The Morgan fingerprint density at radius 2 is 2.05 bits per heavy atom. The van der Waals surface area contributed by atoms with Crippen LogP contribution in [0.25, 0.3) is 0 Å².